The van der Waals surface area contributed by atoms with Crippen LogP contribution in [0.1, 0.15) is 36.0 Å². The minimum Gasteiger partial charge on any atom is -0.395 e. The van der Waals surface area contributed by atoms with E-state index in [1.54, 1.807) is 0 Å². The third kappa shape index (κ3) is 2.92. The molecule has 1 aliphatic rings. The zero-order chi connectivity index (χ0) is 13.8. The van der Waals surface area contributed by atoms with Gasteiger partial charge in [0.1, 0.15) is 17.2 Å². The first-order valence-electron chi connectivity index (χ1n) is 6.51. The summed E-state index contributed by atoms with van der Waals surface area (Å²) in [4.78, 5) is 13.7. The Morgan fingerprint density at radius 1 is 1.26 bits per heavy atom. The van der Waals surface area contributed by atoms with Gasteiger partial charge in [-0.15, -0.1) is 0 Å². The van der Waals surface area contributed by atoms with E-state index in [0.717, 1.165) is 37.8 Å². The number of nitrogens with zero attached hydrogens (tertiary/aromatic N) is 1. The standard InChI is InChI=1S/C14H17F2NO2/c15-11-6-3-7-12(16)13(11)14(19)17(8-9-18)10-4-1-2-5-10/h3,6-7,10,18H,1-2,4-5,8-9H2. The van der Waals surface area contributed by atoms with Crippen molar-refractivity contribution < 1.29 is 18.7 Å². The topological polar surface area (TPSA) is 40.5 Å². The highest BCUT2D eigenvalue weighted by Gasteiger charge is 2.30. The molecule has 19 heavy (non-hydrogen) atoms. The van der Waals surface area contributed by atoms with Crippen molar-refractivity contribution in [3.05, 3.63) is 35.4 Å². The maximum absolute atomic E-state index is 13.6. The molecule has 3 nitrogen and oxygen atoms in total. The van der Waals surface area contributed by atoms with Gasteiger partial charge in [0.25, 0.3) is 5.91 Å². The van der Waals surface area contributed by atoms with E-state index in [1.807, 2.05) is 0 Å². The monoisotopic (exact) mass is 269 g/mol. The summed E-state index contributed by atoms with van der Waals surface area (Å²) in [6.07, 6.45) is 3.64. The normalized spacial score (nSPS) is 15.7. The lowest BCUT2D eigenvalue weighted by molar-refractivity contribution is 0.0628. The first-order chi connectivity index (χ1) is 9.15. The number of benzene rings is 1. The molecule has 1 aromatic rings. The van der Waals surface area contributed by atoms with Crippen LogP contribution in [0.15, 0.2) is 18.2 Å². The summed E-state index contributed by atoms with van der Waals surface area (Å²) in [5, 5.41) is 9.05. The summed E-state index contributed by atoms with van der Waals surface area (Å²) in [5.74, 6) is -2.38. The molecule has 0 radical (unpaired) electrons. The average Bonchev–Trinajstić information content (AvgIpc) is 2.89. The molecule has 0 bridgehead atoms. The van der Waals surface area contributed by atoms with Crippen LogP contribution >= 0.6 is 0 Å². The van der Waals surface area contributed by atoms with Crippen molar-refractivity contribution in [3.63, 3.8) is 0 Å². The molecule has 0 atom stereocenters. The molecule has 0 heterocycles. The van der Waals surface area contributed by atoms with Crippen LogP contribution in [0.4, 0.5) is 8.78 Å². The van der Waals surface area contributed by atoms with Gasteiger partial charge in [0.15, 0.2) is 0 Å². The number of rotatable bonds is 4. The second-order valence-electron chi connectivity index (χ2n) is 4.76. The number of aliphatic hydroxyl groups excluding tert-OH is 1. The number of hydrogen-bond donors (Lipinski definition) is 1. The van der Waals surface area contributed by atoms with Gasteiger partial charge in [-0.1, -0.05) is 18.9 Å². The van der Waals surface area contributed by atoms with Crippen LogP contribution in [-0.4, -0.2) is 35.1 Å². The fraction of sp³-hybridized carbons (Fsp3) is 0.500. The van der Waals surface area contributed by atoms with Crippen LogP contribution in [0.25, 0.3) is 0 Å². The molecule has 0 aromatic heterocycles. The Balaban J connectivity index is 2.28. The number of amides is 1. The van der Waals surface area contributed by atoms with Crippen molar-refractivity contribution in [2.45, 2.75) is 31.7 Å². The number of carbonyl (C=O) groups excluding carboxylic acids is 1. The van der Waals surface area contributed by atoms with Gasteiger partial charge in [-0.2, -0.15) is 0 Å². The summed E-state index contributed by atoms with van der Waals surface area (Å²) in [6.45, 7) is -0.102. The van der Waals surface area contributed by atoms with E-state index in [4.69, 9.17) is 5.11 Å². The Hall–Kier alpha value is -1.49. The molecule has 1 aromatic carbocycles. The second kappa shape index (κ2) is 6.10. The Labute approximate surface area is 110 Å². The van der Waals surface area contributed by atoms with Crippen LogP contribution in [0.5, 0.6) is 0 Å². The molecule has 0 aliphatic heterocycles. The highest BCUT2D eigenvalue weighted by atomic mass is 19.1. The van der Waals surface area contributed by atoms with E-state index < -0.39 is 23.1 Å². The number of hydrogen-bond acceptors (Lipinski definition) is 2. The third-order valence-corrected chi connectivity index (χ3v) is 3.54. The number of carbonyl (C=O) groups is 1. The Morgan fingerprint density at radius 3 is 2.37 bits per heavy atom. The van der Waals surface area contributed by atoms with E-state index in [0.29, 0.717) is 0 Å². The lowest BCUT2D eigenvalue weighted by Gasteiger charge is -2.28. The van der Waals surface area contributed by atoms with Gasteiger partial charge >= 0.3 is 0 Å². The van der Waals surface area contributed by atoms with Gasteiger partial charge in [0.2, 0.25) is 0 Å². The molecule has 1 amide bonds. The van der Waals surface area contributed by atoms with Crippen molar-refractivity contribution in [2.24, 2.45) is 0 Å². The van der Waals surface area contributed by atoms with Crippen LogP contribution in [0.3, 0.4) is 0 Å². The molecule has 0 saturated heterocycles. The average molecular weight is 269 g/mol. The smallest absolute Gasteiger partial charge is 0.260 e. The van der Waals surface area contributed by atoms with Crippen molar-refractivity contribution in [3.8, 4) is 0 Å². The Kier molecular flexibility index (Phi) is 4.47. The van der Waals surface area contributed by atoms with Crippen LogP contribution in [0.2, 0.25) is 0 Å². The van der Waals surface area contributed by atoms with Gasteiger partial charge in [-0.05, 0) is 25.0 Å². The van der Waals surface area contributed by atoms with Crippen molar-refractivity contribution >= 4 is 5.91 Å². The van der Waals surface area contributed by atoms with E-state index in [2.05, 4.69) is 0 Å². The summed E-state index contributed by atoms with van der Waals surface area (Å²) in [7, 11) is 0. The molecule has 0 unspecified atom stereocenters. The largest absolute Gasteiger partial charge is 0.395 e. The Bertz CT molecular complexity index is 439. The second-order valence-corrected chi connectivity index (χ2v) is 4.76. The molecule has 104 valence electrons. The molecular formula is C14H17F2NO2. The first kappa shape index (κ1) is 13.9. The quantitative estimate of drug-likeness (QED) is 0.911. The molecule has 1 aliphatic carbocycles. The van der Waals surface area contributed by atoms with Crippen LogP contribution in [-0.2, 0) is 0 Å². The number of halogens is 2. The molecule has 1 saturated carbocycles. The first-order valence-corrected chi connectivity index (χ1v) is 6.51. The van der Waals surface area contributed by atoms with Crippen molar-refractivity contribution in [1.82, 2.24) is 4.90 Å². The maximum Gasteiger partial charge on any atom is 0.260 e. The molecule has 5 heteroatoms. The highest BCUT2D eigenvalue weighted by molar-refractivity contribution is 5.95. The van der Waals surface area contributed by atoms with E-state index in [-0.39, 0.29) is 19.2 Å². The minimum absolute atomic E-state index is 0.0290. The minimum atomic E-state index is -0.856. The fourth-order valence-electron chi connectivity index (χ4n) is 2.62. The van der Waals surface area contributed by atoms with Crippen molar-refractivity contribution in [1.29, 1.82) is 0 Å². The molecule has 1 fully saturated rings. The van der Waals surface area contributed by atoms with Crippen LogP contribution in [0, 0.1) is 11.6 Å². The summed E-state index contributed by atoms with van der Waals surface area (Å²) in [6, 6.07) is 3.34. The lowest BCUT2D eigenvalue weighted by atomic mass is 10.1. The predicted molar refractivity (Wildman–Crippen MR) is 66.7 cm³/mol. The van der Waals surface area contributed by atoms with Gasteiger partial charge < -0.3 is 10.0 Å². The molecule has 1 N–H and O–H groups in total. The summed E-state index contributed by atoms with van der Waals surface area (Å²) < 4.78 is 27.3. The van der Waals surface area contributed by atoms with E-state index >= 15 is 0 Å². The SMILES string of the molecule is O=C(c1c(F)cccc1F)N(CCO)C1CCCC1. The van der Waals surface area contributed by atoms with Gasteiger partial charge in [0.05, 0.1) is 6.61 Å². The predicted octanol–water partition coefficient (Wildman–Crippen LogP) is 2.34. The van der Waals surface area contributed by atoms with Crippen molar-refractivity contribution in [2.75, 3.05) is 13.2 Å². The Morgan fingerprint density at radius 2 is 1.84 bits per heavy atom. The van der Waals surface area contributed by atoms with Gasteiger partial charge in [0, 0.05) is 12.6 Å². The highest BCUT2D eigenvalue weighted by Crippen LogP contribution is 2.26. The zero-order valence-corrected chi connectivity index (χ0v) is 10.6. The zero-order valence-electron chi connectivity index (χ0n) is 10.6. The molecule has 2 rings (SSSR count). The van der Waals surface area contributed by atoms with Gasteiger partial charge in [-0.3, -0.25) is 4.79 Å². The maximum atomic E-state index is 13.6. The summed E-state index contributed by atoms with van der Waals surface area (Å²) in [5.41, 5.74) is -0.525. The summed E-state index contributed by atoms with van der Waals surface area (Å²) >= 11 is 0. The third-order valence-electron chi connectivity index (χ3n) is 3.54. The number of aliphatic hydroxyl groups is 1. The molecule has 0 spiro atoms. The fourth-order valence-corrected chi connectivity index (χ4v) is 2.62. The molecular weight excluding hydrogens is 252 g/mol. The van der Waals surface area contributed by atoms with E-state index in [9.17, 15) is 13.6 Å². The van der Waals surface area contributed by atoms with Crippen LogP contribution < -0.4 is 0 Å². The lowest BCUT2D eigenvalue weighted by Crippen LogP contribution is -2.41. The van der Waals surface area contributed by atoms with E-state index in [1.165, 1.54) is 11.0 Å². The van der Waals surface area contributed by atoms with Gasteiger partial charge in [-0.25, -0.2) is 8.78 Å².